The highest BCUT2D eigenvalue weighted by Gasteiger charge is 2.32. The van der Waals surface area contributed by atoms with Gasteiger partial charge in [-0.3, -0.25) is 14.6 Å². The van der Waals surface area contributed by atoms with Gasteiger partial charge in [-0.25, -0.2) is 14.2 Å². The van der Waals surface area contributed by atoms with Crippen molar-refractivity contribution in [2.24, 2.45) is 5.41 Å². The first kappa shape index (κ1) is 40.6. The molecule has 282 valence electrons. The van der Waals surface area contributed by atoms with Gasteiger partial charge in [-0.05, 0) is 101 Å². The third-order valence-corrected chi connectivity index (χ3v) is 9.24. The summed E-state index contributed by atoms with van der Waals surface area (Å²) in [6.07, 6.45) is 7.43. The fraction of sp³-hybridized carbons (Fsp3) is 0.512. The lowest BCUT2D eigenvalue weighted by Gasteiger charge is -2.19. The summed E-state index contributed by atoms with van der Waals surface area (Å²) >= 11 is 6.13. The SMILES string of the molecule is CCCCCC(C)OC(=O)COc1ccc(Cl)c2cccnc12.CCc1cc(C)cc(CC)c1-c1c(OC(=O)C(C)(C)C)n2n(c1=O)CCOCC2. The summed E-state index contributed by atoms with van der Waals surface area (Å²) in [5.74, 6) is 0.148. The molecule has 5 rings (SSSR count). The first-order valence-electron chi connectivity index (χ1n) is 18.4. The quantitative estimate of drug-likeness (QED) is 0.105. The van der Waals surface area contributed by atoms with Crippen LogP contribution >= 0.6 is 11.6 Å². The molecular weight excluding hydrogens is 682 g/mol. The maximum Gasteiger partial charge on any atom is 0.344 e. The second-order valence-corrected chi connectivity index (χ2v) is 14.6. The average molecular weight is 736 g/mol. The van der Waals surface area contributed by atoms with Gasteiger partial charge in [0.15, 0.2) is 6.61 Å². The third-order valence-electron chi connectivity index (χ3n) is 8.91. The van der Waals surface area contributed by atoms with Crippen molar-refractivity contribution in [2.45, 2.75) is 113 Å². The molecule has 1 aliphatic rings. The minimum absolute atomic E-state index is 0.0854. The molecule has 2 aromatic heterocycles. The topological polar surface area (TPSA) is 111 Å². The van der Waals surface area contributed by atoms with Crippen LogP contribution in [0, 0.1) is 12.3 Å². The molecule has 3 heterocycles. The summed E-state index contributed by atoms with van der Waals surface area (Å²) in [5, 5.41) is 1.40. The fourth-order valence-electron chi connectivity index (χ4n) is 6.16. The third kappa shape index (κ3) is 10.0. The Bertz CT molecular complexity index is 1880. The van der Waals surface area contributed by atoms with Crippen molar-refractivity contribution >= 4 is 34.4 Å². The minimum Gasteiger partial charge on any atom is -0.480 e. The van der Waals surface area contributed by atoms with Gasteiger partial charge < -0.3 is 18.9 Å². The van der Waals surface area contributed by atoms with E-state index in [0.717, 1.165) is 60.6 Å². The molecular formula is C41H54ClN3O7. The Morgan fingerprint density at radius 2 is 1.65 bits per heavy atom. The van der Waals surface area contributed by atoms with Crippen LogP contribution in [0.4, 0.5) is 0 Å². The van der Waals surface area contributed by atoms with Gasteiger partial charge in [0.25, 0.3) is 5.56 Å². The molecule has 10 nitrogen and oxygen atoms in total. The second-order valence-electron chi connectivity index (χ2n) is 14.2. The van der Waals surface area contributed by atoms with E-state index in [2.05, 4.69) is 44.8 Å². The number of pyridine rings is 1. The van der Waals surface area contributed by atoms with Gasteiger partial charge in [0.1, 0.15) is 16.8 Å². The average Bonchev–Trinajstić information content (AvgIpc) is 3.24. The standard InChI is InChI=1S/C23H32N2O4.C18H22ClNO3/c1-7-16-13-15(3)14-17(8-2)18(16)19-20(26)24-9-11-28-12-10-25(24)21(19)29-22(27)23(4,5)6;1-3-4-5-7-13(2)23-17(21)12-22-16-10-9-15(19)14-8-6-11-20-18(14)16/h13-14H,7-12H2,1-6H3;6,8-11,13H,3-5,7,12H2,1-2H3. The lowest BCUT2D eigenvalue weighted by atomic mass is 9.91. The monoisotopic (exact) mass is 735 g/mol. The van der Waals surface area contributed by atoms with Crippen LogP contribution in [0.1, 0.15) is 90.8 Å². The summed E-state index contributed by atoms with van der Waals surface area (Å²) in [7, 11) is 0. The first-order valence-corrected chi connectivity index (χ1v) is 18.8. The molecule has 0 bridgehead atoms. The highest BCUT2D eigenvalue weighted by Crippen LogP contribution is 2.36. The van der Waals surface area contributed by atoms with Gasteiger partial charge in [-0.1, -0.05) is 62.9 Å². The van der Waals surface area contributed by atoms with Gasteiger partial charge >= 0.3 is 11.9 Å². The summed E-state index contributed by atoms with van der Waals surface area (Å²) in [6, 6.07) is 11.4. The van der Waals surface area contributed by atoms with E-state index in [1.807, 2.05) is 39.8 Å². The van der Waals surface area contributed by atoms with E-state index in [-0.39, 0.29) is 30.2 Å². The molecule has 0 radical (unpaired) electrons. The molecule has 0 spiro atoms. The Morgan fingerprint density at radius 1 is 0.981 bits per heavy atom. The normalized spacial score (nSPS) is 13.4. The first-order chi connectivity index (χ1) is 24.8. The van der Waals surface area contributed by atoms with Crippen LogP contribution in [0.2, 0.25) is 5.02 Å². The zero-order valence-corrected chi connectivity index (χ0v) is 32.7. The van der Waals surface area contributed by atoms with Crippen LogP contribution in [-0.2, 0) is 45.0 Å². The second kappa shape index (κ2) is 18.6. The van der Waals surface area contributed by atoms with Crippen molar-refractivity contribution in [1.29, 1.82) is 0 Å². The predicted molar refractivity (Wildman–Crippen MR) is 205 cm³/mol. The van der Waals surface area contributed by atoms with Crippen molar-refractivity contribution in [3.05, 3.63) is 74.7 Å². The van der Waals surface area contributed by atoms with Crippen molar-refractivity contribution in [2.75, 3.05) is 19.8 Å². The maximum absolute atomic E-state index is 13.5. The van der Waals surface area contributed by atoms with Gasteiger partial charge in [0.2, 0.25) is 5.88 Å². The molecule has 0 fully saturated rings. The number of aryl methyl sites for hydroxylation is 3. The van der Waals surface area contributed by atoms with Crippen LogP contribution < -0.4 is 15.0 Å². The number of hydrogen-bond donors (Lipinski definition) is 0. The number of nitrogens with zero attached hydrogens (tertiary/aromatic N) is 3. The number of esters is 2. The van der Waals surface area contributed by atoms with Crippen LogP contribution in [-0.4, -0.2) is 52.2 Å². The summed E-state index contributed by atoms with van der Waals surface area (Å²) in [4.78, 5) is 42.5. The molecule has 0 N–H and O–H groups in total. The number of halogens is 1. The van der Waals surface area contributed by atoms with Gasteiger partial charge in [0, 0.05) is 11.6 Å². The van der Waals surface area contributed by atoms with Gasteiger partial charge in [-0.2, -0.15) is 0 Å². The zero-order valence-electron chi connectivity index (χ0n) is 32.0. The van der Waals surface area contributed by atoms with Crippen molar-refractivity contribution in [3.8, 4) is 22.8 Å². The number of rotatable bonds is 12. The Kier molecular flexibility index (Phi) is 14.5. The van der Waals surface area contributed by atoms with E-state index in [1.165, 1.54) is 5.56 Å². The number of benzene rings is 2. The van der Waals surface area contributed by atoms with Crippen molar-refractivity contribution < 1.29 is 28.5 Å². The lowest BCUT2D eigenvalue weighted by Crippen LogP contribution is -2.27. The zero-order chi connectivity index (χ0) is 38.0. The number of carbonyl (C=O) groups excluding carboxylic acids is 2. The molecule has 1 aliphatic heterocycles. The molecule has 4 aromatic rings. The highest BCUT2D eigenvalue weighted by atomic mass is 35.5. The van der Waals surface area contributed by atoms with Gasteiger partial charge in [0.05, 0.1) is 42.8 Å². The van der Waals surface area contributed by atoms with E-state index < -0.39 is 5.41 Å². The number of unbranched alkanes of at least 4 members (excludes halogenated alkanes) is 2. The highest BCUT2D eigenvalue weighted by molar-refractivity contribution is 6.35. The van der Waals surface area contributed by atoms with E-state index >= 15 is 0 Å². The molecule has 11 heteroatoms. The molecule has 2 aromatic carbocycles. The van der Waals surface area contributed by atoms with Crippen LogP contribution in [0.25, 0.3) is 22.0 Å². The summed E-state index contributed by atoms with van der Waals surface area (Å²) < 4.78 is 25.8. The number of ether oxygens (including phenoxy) is 4. The summed E-state index contributed by atoms with van der Waals surface area (Å²) in [6.45, 7) is 17.5. The Hall–Kier alpha value is -4.15. The molecule has 0 amide bonds. The van der Waals surface area contributed by atoms with E-state index in [0.29, 0.717) is 54.0 Å². The lowest BCUT2D eigenvalue weighted by molar-refractivity contribution is -0.151. The Morgan fingerprint density at radius 3 is 2.29 bits per heavy atom. The predicted octanol–water partition coefficient (Wildman–Crippen LogP) is 8.51. The molecule has 0 saturated heterocycles. The smallest absolute Gasteiger partial charge is 0.344 e. The summed E-state index contributed by atoms with van der Waals surface area (Å²) in [5.41, 5.74) is 4.63. The largest absolute Gasteiger partial charge is 0.480 e. The molecule has 1 unspecified atom stereocenters. The molecule has 1 atom stereocenters. The number of hydrogen-bond acceptors (Lipinski definition) is 8. The van der Waals surface area contributed by atoms with Crippen LogP contribution in [0.15, 0.2) is 47.4 Å². The molecule has 52 heavy (non-hydrogen) atoms. The molecule has 0 saturated carbocycles. The van der Waals surface area contributed by atoms with Crippen molar-refractivity contribution in [3.63, 3.8) is 0 Å². The number of aromatic nitrogens is 3. The Balaban J connectivity index is 0.000000239. The Labute approximate surface area is 312 Å². The number of carbonyl (C=O) groups is 2. The van der Waals surface area contributed by atoms with Gasteiger partial charge in [-0.15, -0.1) is 0 Å². The van der Waals surface area contributed by atoms with Crippen LogP contribution in [0.3, 0.4) is 0 Å². The van der Waals surface area contributed by atoms with Crippen LogP contribution in [0.5, 0.6) is 11.6 Å². The minimum atomic E-state index is -0.675. The molecule has 0 aliphatic carbocycles. The van der Waals surface area contributed by atoms with E-state index in [4.69, 9.17) is 30.5 Å². The fourth-order valence-corrected chi connectivity index (χ4v) is 6.38. The van der Waals surface area contributed by atoms with E-state index in [9.17, 15) is 14.4 Å². The van der Waals surface area contributed by atoms with E-state index in [1.54, 1.807) is 27.7 Å². The van der Waals surface area contributed by atoms with Crippen molar-refractivity contribution in [1.82, 2.24) is 14.3 Å². The number of fused-ring (bicyclic) bond motifs is 2. The maximum atomic E-state index is 13.5.